The molecule has 7 nitrogen and oxygen atoms in total. The number of nitrogens with one attached hydrogen (secondary N) is 1. The zero-order valence-corrected chi connectivity index (χ0v) is 20.9. The van der Waals surface area contributed by atoms with Gasteiger partial charge in [-0.15, -0.1) is 0 Å². The quantitative estimate of drug-likeness (QED) is 0.572. The number of aliphatic hydroxyl groups is 1. The van der Waals surface area contributed by atoms with E-state index in [-0.39, 0.29) is 23.1 Å². The van der Waals surface area contributed by atoms with E-state index in [0.717, 1.165) is 22.6 Å². The van der Waals surface area contributed by atoms with E-state index in [1.54, 1.807) is 38.1 Å². The molecule has 0 saturated carbocycles. The molecule has 0 spiro atoms. The van der Waals surface area contributed by atoms with Crippen molar-refractivity contribution in [2.24, 2.45) is 0 Å². The van der Waals surface area contributed by atoms with E-state index in [2.05, 4.69) is 10.2 Å². The number of carbonyl (C=O) groups excluding carboxylic acids is 2. The monoisotopic (exact) mass is 523 g/mol. The average Bonchev–Trinajstić information content (AvgIpc) is 3.38. The van der Waals surface area contributed by atoms with Crippen LogP contribution in [0.1, 0.15) is 37.5 Å². The van der Waals surface area contributed by atoms with Gasteiger partial charge in [-0.3, -0.25) is 9.69 Å². The molecule has 10 heteroatoms. The summed E-state index contributed by atoms with van der Waals surface area (Å²) in [4.78, 5) is 28.3. The maximum Gasteiger partial charge on any atom is 0.329 e. The van der Waals surface area contributed by atoms with Gasteiger partial charge in [-0.1, -0.05) is 34.8 Å². The predicted molar refractivity (Wildman–Crippen MR) is 131 cm³/mol. The lowest BCUT2D eigenvalue weighted by Crippen LogP contribution is -2.40. The first-order valence-electron chi connectivity index (χ1n) is 11.1. The second kappa shape index (κ2) is 8.57. The number of aliphatic hydroxyl groups excluding tert-OH is 1. The summed E-state index contributed by atoms with van der Waals surface area (Å²) in [5, 5.41) is 14.1. The maximum absolute atomic E-state index is 12.6. The molecule has 2 aromatic carbocycles. The summed E-state index contributed by atoms with van der Waals surface area (Å²) in [7, 11) is 0. The number of likely N-dealkylation sites (tertiary alicyclic amines) is 1. The van der Waals surface area contributed by atoms with E-state index in [1.165, 1.54) is 0 Å². The van der Waals surface area contributed by atoms with Crippen LogP contribution in [-0.4, -0.2) is 52.7 Å². The molecule has 2 aliphatic heterocycles. The van der Waals surface area contributed by atoms with Crippen LogP contribution in [0.5, 0.6) is 5.75 Å². The number of nitrogens with zero attached hydrogens (tertiary/aromatic N) is 2. The fourth-order valence-corrected chi connectivity index (χ4v) is 5.80. The van der Waals surface area contributed by atoms with Gasteiger partial charge in [0.1, 0.15) is 17.4 Å². The van der Waals surface area contributed by atoms with Gasteiger partial charge in [0.05, 0.1) is 22.9 Å². The van der Waals surface area contributed by atoms with Gasteiger partial charge in [-0.2, -0.15) is 0 Å². The third-order valence-electron chi connectivity index (χ3n) is 6.72. The Morgan fingerprint density at radius 2 is 1.88 bits per heavy atom. The van der Waals surface area contributed by atoms with Gasteiger partial charge in [0.15, 0.2) is 0 Å². The molecule has 5 rings (SSSR count). The molecule has 3 aliphatic rings. The van der Waals surface area contributed by atoms with Crippen molar-refractivity contribution in [3.8, 4) is 5.75 Å². The van der Waals surface area contributed by atoms with E-state index < -0.39 is 17.7 Å². The number of β-amino-alcohol motifs (C(OH)–C–C–N with tert-alkyl or cyclic N) is 1. The Hall–Kier alpha value is -2.03. The molecule has 0 bridgehead atoms. The molecule has 3 atom stereocenters. The zero-order valence-electron chi connectivity index (χ0n) is 18.6. The van der Waals surface area contributed by atoms with Crippen molar-refractivity contribution in [3.05, 3.63) is 56.5 Å². The van der Waals surface area contributed by atoms with Gasteiger partial charge in [-0.05, 0) is 62.6 Å². The van der Waals surface area contributed by atoms with Crippen LogP contribution in [0.15, 0.2) is 30.3 Å². The topological polar surface area (TPSA) is 82.1 Å². The number of urea groups is 1. The summed E-state index contributed by atoms with van der Waals surface area (Å²) in [5.41, 5.74) is 1.23. The highest BCUT2D eigenvalue weighted by atomic mass is 35.5. The minimum atomic E-state index is -0.988. The van der Waals surface area contributed by atoms with Crippen LogP contribution in [-0.2, 0) is 11.2 Å². The Labute approximate surface area is 212 Å². The number of hydrogen-bond acceptors (Lipinski definition) is 5. The van der Waals surface area contributed by atoms with Crippen LogP contribution < -0.4 is 15.0 Å². The summed E-state index contributed by atoms with van der Waals surface area (Å²) >= 11 is 19.4. The fourth-order valence-electron chi connectivity index (χ4n) is 4.99. The molecule has 1 aliphatic carbocycles. The van der Waals surface area contributed by atoms with Crippen molar-refractivity contribution in [2.75, 3.05) is 18.0 Å². The van der Waals surface area contributed by atoms with Crippen LogP contribution in [0.25, 0.3) is 0 Å². The highest BCUT2D eigenvalue weighted by molar-refractivity contribution is 6.35. The lowest BCUT2D eigenvalue weighted by atomic mass is 10.1. The second-order valence-corrected chi connectivity index (χ2v) is 10.8. The molecular weight excluding hydrogens is 501 g/mol. The van der Waals surface area contributed by atoms with Crippen LogP contribution in [0.4, 0.5) is 10.5 Å². The zero-order chi connectivity index (χ0) is 24.4. The molecule has 2 fully saturated rings. The van der Waals surface area contributed by atoms with Crippen molar-refractivity contribution in [3.63, 3.8) is 0 Å². The molecule has 0 aromatic heterocycles. The van der Waals surface area contributed by atoms with Gasteiger partial charge < -0.3 is 15.2 Å². The summed E-state index contributed by atoms with van der Waals surface area (Å²) in [6.07, 6.45) is 0.581. The number of hydrogen-bond donors (Lipinski definition) is 2. The van der Waals surface area contributed by atoms with Gasteiger partial charge in [0.2, 0.25) is 0 Å². The minimum absolute atomic E-state index is 0.0504. The summed E-state index contributed by atoms with van der Waals surface area (Å²) < 4.78 is 6.44. The summed E-state index contributed by atoms with van der Waals surface area (Å²) in [5.74, 6) is 0.0549. The molecule has 34 heavy (non-hydrogen) atoms. The van der Waals surface area contributed by atoms with E-state index in [0.29, 0.717) is 40.9 Å². The summed E-state index contributed by atoms with van der Waals surface area (Å²) in [6, 6.07) is 7.87. The van der Waals surface area contributed by atoms with Crippen molar-refractivity contribution in [1.82, 2.24) is 10.2 Å². The van der Waals surface area contributed by atoms with E-state index in [1.807, 2.05) is 6.07 Å². The molecule has 2 heterocycles. The number of amides is 3. The number of anilines is 1. The molecule has 1 unspecified atom stereocenters. The molecule has 2 N–H and O–H groups in total. The van der Waals surface area contributed by atoms with Crippen LogP contribution in [0, 0.1) is 0 Å². The first-order chi connectivity index (χ1) is 16.0. The normalized spacial score (nSPS) is 26.2. The number of carbonyl (C=O) groups is 2. The Morgan fingerprint density at radius 3 is 2.50 bits per heavy atom. The number of fused-ring (bicyclic) bond motifs is 1. The Bertz CT molecular complexity index is 1190. The minimum Gasteiger partial charge on any atom is -0.482 e. The molecule has 180 valence electrons. The summed E-state index contributed by atoms with van der Waals surface area (Å²) in [6.45, 7) is 4.60. The van der Waals surface area contributed by atoms with Crippen LogP contribution in [0.3, 0.4) is 0 Å². The number of ether oxygens (including phenoxy) is 1. The molecule has 0 radical (unpaired) electrons. The molecule has 2 saturated heterocycles. The number of rotatable bonds is 4. The number of imide groups is 1. The van der Waals surface area contributed by atoms with Crippen molar-refractivity contribution < 1.29 is 19.4 Å². The van der Waals surface area contributed by atoms with Crippen LogP contribution in [0.2, 0.25) is 15.1 Å². The largest absolute Gasteiger partial charge is 0.482 e. The molecule has 2 aromatic rings. The van der Waals surface area contributed by atoms with Gasteiger partial charge in [0.25, 0.3) is 5.91 Å². The second-order valence-electron chi connectivity index (χ2n) is 9.51. The van der Waals surface area contributed by atoms with Gasteiger partial charge in [0, 0.05) is 28.7 Å². The number of halogens is 3. The van der Waals surface area contributed by atoms with Crippen molar-refractivity contribution in [2.45, 2.75) is 50.5 Å². The third-order valence-corrected chi connectivity index (χ3v) is 7.57. The fraction of sp³-hybridized carbons (Fsp3) is 0.417. The Kier molecular flexibility index (Phi) is 5.97. The maximum atomic E-state index is 12.6. The van der Waals surface area contributed by atoms with Gasteiger partial charge >= 0.3 is 6.03 Å². The van der Waals surface area contributed by atoms with E-state index in [4.69, 9.17) is 39.5 Å². The Balaban J connectivity index is 1.46. The first-order valence-corrected chi connectivity index (χ1v) is 12.2. The third kappa shape index (κ3) is 4.03. The highest BCUT2D eigenvalue weighted by Gasteiger charge is 2.45. The lowest BCUT2D eigenvalue weighted by Gasteiger charge is -2.30. The molecule has 3 amide bonds. The Morgan fingerprint density at radius 1 is 1.12 bits per heavy atom. The van der Waals surface area contributed by atoms with E-state index in [9.17, 15) is 14.7 Å². The smallest absolute Gasteiger partial charge is 0.329 e. The van der Waals surface area contributed by atoms with E-state index >= 15 is 0 Å². The van der Waals surface area contributed by atoms with Crippen LogP contribution >= 0.6 is 34.8 Å². The predicted octanol–water partition coefficient (Wildman–Crippen LogP) is 4.59. The average molecular weight is 525 g/mol. The van der Waals surface area contributed by atoms with Crippen molar-refractivity contribution >= 4 is 52.4 Å². The molecular formula is C24H24Cl3N3O4. The SMILES string of the molecule is CC1(C)NC(=O)N(c2ccc(O[C@H]3c4cc(Cl)cc(Cl)c4C[C@@H]3N3CCC(O)C3)c(Cl)c2)C1=O. The standard InChI is InChI=1S/C24H24Cl3N3O4/c1-24(2)22(32)30(23(33)28-24)13-3-4-20(18(27)9-13)34-21-16-7-12(25)8-17(26)15(16)10-19(21)29-6-5-14(31)11-29/h3-4,7-9,14,19,21,31H,5-6,10-11H2,1-2H3,(H,28,33)/t14?,19-,21-/m0/s1. The van der Waals surface area contributed by atoms with Crippen molar-refractivity contribution in [1.29, 1.82) is 0 Å². The first kappa shape index (κ1) is 23.7. The lowest BCUT2D eigenvalue weighted by molar-refractivity contribution is -0.121. The highest BCUT2D eigenvalue weighted by Crippen LogP contribution is 2.45. The number of benzene rings is 2. The van der Waals surface area contributed by atoms with Gasteiger partial charge in [-0.25, -0.2) is 9.69 Å².